The third kappa shape index (κ3) is 4.56. The van der Waals surface area contributed by atoms with Gasteiger partial charge in [-0.2, -0.15) is 0 Å². The van der Waals surface area contributed by atoms with Crippen LogP contribution < -0.4 is 10.6 Å². The molecule has 0 aliphatic carbocycles. The van der Waals surface area contributed by atoms with E-state index in [0.29, 0.717) is 18.7 Å². The lowest BCUT2D eigenvalue weighted by molar-refractivity contribution is 0.108. The molecule has 0 saturated carbocycles. The number of nitrogens with one attached hydrogen (secondary N) is 2. The SMILES string of the molecule is COC(=O)N1CCCC(NC(=O)NC(C)c2ccc(F)c(F)c2)C1. The normalized spacial score (nSPS) is 18.7. The van der Waals surface area contributed by atoms with E-state index in [1.165, 1.54) is 18.1 Å². The van der Waals surface area contributed by atoms with Crippen LogP contribution in [0.25, 0.3) is 0 Å². The fraction of sp³-hybridized carbons (Fsp3) is 0.500. The number of nitrogens with zero attached hydrogens (tertiary/aromatic N) is 1. The number of amides is 3. The summed E-state index contributed by atoms with van der Waals surface area (Å²) in [6.45, 7) is 2.64. The Balaban J connectivity index is 1.88. The summed E-state index contributed by atoms with van der Waals surface area (Å²) in [6, 6.07) is 2.40. The van der Waals surface area contributed by atoms with Crippen molar-refractivity contribution in [2.75, 3.05) is 20.2 Å². The van der Waals surface area contributed by atoms with Gasteiger partial charge in [-0.25, -0.2) is 18.4 Å². The molecule has 0 spiro atoms. The first-order valence-electron chi connectivity index (χ1n) is 7.75. The molecule has 24 heavy (non-hydrogen) atoms. The van der Waals surface area contributed by atoms with Gasteiger partial charge in [-0.1, -0.05) is 6.07 Å². The predicted octanol–water partition coefficient (Wildman–Crippen LogP) is 2.56. The summed E-state index contributed by atoms with van der Waals surface area (Å²) >= 11 is 0. The first kappa shape index (κ1) is 18.0. The summed E-state index contributed by atoms with van der Waals surface area (Å²) in [5.41, 5.74) is 0.462. The monoisotopic (exact) mass is 341 g/mol. The number of rotatable bonds is 3. The molecule has 1 aromatic carbocycles. The molecule has 1 heterocycles. The summed E-state index contributed by atoms with van der Waals surface area (Å²) in [5.74, 6) is -1.89. The van der Waals surface area contributed by atoms with Crippen LogP contribution in [0, 0.1) is 11.6 Å². The first-order valence-corrected chi connectivity index (χ1v) is 7.75. The van der Waals surface area contributed by atoms with Gasteiger partial charge < -0.3 is 20.3 Å². The molecular formula is C16H21F2N3O3. The molecule has 2 unspecified atom stereocenters. The Morgan fingerprint density at radius 3 is 2.75 bits per heavy atom. The van der Waals surface area contributed by atoms with Gasteiger partial charge in [-0.15, -0.1) is 0 Å². The Kier molecular flexibility index (Phi) is 5.94. The van der Waals surface area contributed by atoms with Crippen LogP contribution >= 0.6 is 0 Å². The fourth-order valence-corrected chi connectivity index (χ4v) is 2.68. The van der Waals surface area contributed by atoms with Crippen LogP contribution in [0.1, 0.15) is 31.4 Å². The number of urea groups is 1. The summed E-state index contributed by atoms with van der Waals surface area (Å²) < 4.78 is 30.9. The van der Waals surface area contributed by atoms with Crippen molar-refractivity contribution in [1.29, 1.82) is 0 Å². The maximum absolute atomic E-state index is 13.2. The molecule has 0 bridgehead atoms. The minimum atomic E-state index is -0.956. The standard InChI is InChI=1S/C16H21F2N3O3/c1-10(11-5-6-13(17)14(18)8-11)19-15(22)20-12-4-3-7-21(9-12)16(23)24-2/h5-6,8,10,12H,3-4,7,9H2,1-2H3,(H2,19,20,22). The largest absolute Gasteiger partial charge is 0.453 e. The third-order valence-electron chi connectivity index (χ3n) is 3.98. The zero-order valence-corrected chi connectivity index (χ0v) is 13.6. The zero-order chi connectivity index (χ0) is 17.7. The highest BCUT2D eigenvalue weighted by molar-refractivity contribution is 5.75. The van der Waals surface area contributed by atoms with E-state index in [4.69, 9.17) is 0 Å². The minimum absolute atomic E-state index is 0.185. The van der Waals surface area contributed by atoms with Crippen LogP contribution in [-0.2, 0) is 4.74 Å². The molecule has 8 heteroatoms. The highest BCUT2D eigenvalue weighted by atomic mass is 19.2. The van der Waals surface area contributed by atoms with Crippen molar-refractivity contribution in [2.45, 2.75) is 31.8 Å². The number of benzene rings is 1. The van der Waals surface area contributed by atoms with Crippen molar-refractivity contribution in [3.8, 4) is 0 Å². The Hall–Kier alpha value is -2.38. The summed E-state index contributed by atoms with van der Waals surface area (Å²) in [7, 11) is 1.32. The third-order valence-corrected chi connectivity index (χ3v) is 3.98. The molecule has 1 aliphatic heterocycles. The van der Waals surface area contributed by atoms with Crippen LogP contribution in [0.4, 0.5) is 18.4 Å². The molecule has 3 amide bonds. The maximum Gasteiger partial charge on any atom is 0.409 e. The second-order valence-corrected chi connectivity index (χ2v) is 5.77. The van der Waals surface area contributed by atoms with Gasteiger partial charge in [0.2, 0.25) is 0 Å². The highest BCUT2D eigenvalue weighted by Gasteiger charge is 2.25. The van der Waals surface area contributed by atoms with Crippen molar-refractivity contribution in [1.82, 2.24) is 15.5 Å². The number of hydrogen-bond donors (Lipinski definition) is 2. The quantitative estimate of drug-likeness (QED) is 0.888. The number of hydrogen-bond acceptors (Lipinski definition) is 3. The van der Waals surface area contributed by atoms with Gasteiger partial charge in [0, 0.05) is 19.1 Å². The molecule has 0 radical (unpaired) electrons. The summed E-state index contributed by atoms with van der Waals surface area (Å²) in [6.07, 6.45) is 1.09. The van der Waals surface area contributed by atoms with E-state index in [2.05, 4.69) is 15.4 Å². The number of carbonyl (C=O) groups is 2. The van der Waals surface area contributed by atoms with E-state index >= 15 is 0 Å². The van der Waals surface area contributed by atoms with Crippen molar-refractivity contribution < 1.29 is 23.1 Å². The fourth-order valence-electron chi connectivity index (χ4n) is 2.68. The van der Waals surface area contributed by atoms with Crippen molar-refractivity contribution in [3.63, 3.8) is 0 Å². The number of likely N-dealkylation sites (tertiary alicyclic amines) is 1. The lowest BCUT2D eigenvalue weighted by Gasteiger charge is -2.32. The molecular weight excluding hydrogens is 320 g/mol. The smallest absolute Gasteiger partial charge is 0.409 e. The molecule has 1 aromatic rings. The lowest BCUT2D eigenvalue weighted by atomic mass is 10.1. The van der Waals surface area contributed by atoms with Crippen molar-refractivity contribution >= 4 is 12.1 Å². The van der Waals surface area contributed by atoms with E-state index in [9.17, 15) is 18.4 Å². The molecule has 2 atom stereocenters. The maximum atomic E-state index is 13.2. The highest BCUT2D eigenvalue weighted by Crippen LogP contribution is 2.16. The summed E-state index contributed by atoms with van der Waals surface area (Å²) in [5, 5.41) is 5.46. The van der Waals surface area contributed by atoms with Crippen LogP contribution in [0.5, 0.6) is 0 Å². The molecule has 2 N–H and O–H groups in total. The van der Waals surface area contributed by atoms with Crippen LogP contribution in [0.15, 0.2) is 18.2 Å². The van der Waals surface area contributed by atoms with Gasteiger partial charge in [0.15, 0.2) is 11.6 Å². The van der Waals surface area contributed by atoms with Crippen LogP contribution in [0.2, 0.25) is 0 Å². The molecule has 6 nitrogen and oxygen atoms in total. The van der Waals surface area contributed by atoms with E-state index in [0.717, 1.165) is 25.0 Å². The average Bonchev–Trinajstić information content (AvgIpc) is 2.56. The number of ether oxygens (including phenoxy) is 1. The molecule has 2 rings (SSSR count). The average molecular weight is 341 g/mol. The number of carbonyl (C=O) groups excluding carboxylic acids is 2. The molecule has 132 valence electrons. The molecule has 1 fully saturated rings. The second-order valence-electron chi connectivity index (χ2n) is 5.77. The summed E-state index contributed by atoms with van der Waals surface area (Å²) in [4.78, 5) is 25.1. The Labute approximate surface area is 139 Å². The number of halogens is 2. The number of methoxy groups -OCH3 is 1. The van der Waals surface area contributed by atoms with Gasteiger partial charge in [-0.05, 0) is 37.5 Å². The van der Waals surface area contributed by atoms with Gasteiger partial charge in [-0.3, -0.25) is 0 Å². The van der Waals surface area contributed by atoms with E-state index in [-0.39, 0.29) is 6.04 Å². The molecule has 0 aromatic heterocycles. The van der Waals surface area contributed by atoms with E-state index < -0.39 is 29.8 Å². The Morgan fingerprint density at radius 1 is 1.33 bits per heavy atom. The van der Waals surface area contributed by atoms with Gasteiger partial charge in [0.25, 0.3) is 0 Å². The van der Waals surface area contributed by atoms with Gasteiger partial charge >= 0.3 is 12.1 Å². The zero-order valence-electron chi connectivity index (χ0n) is 13.6. The van der Waals surface area contributed by atoms with Crippen LogP contribution in [0.3, 0.4) is 0 Å². The topological polar surface area (TPSA) is 70.7 Å². The second kappa shape index (κ2) is 7.94. The molecule has 1 saturated heterocycles. The van der Waals surface area contributed by atoms with Gasteiger partial charge in [0.1, 0.15) is 0 Å². The lowest BCUT2D eigenvalue weighted by Crippen LogP contribution is -2.52. The minimum Gasteiger partial charge on any atom is -0.453 e. The van der Waals surface area contributed by atoms with Crippen molar-refractivity contribution in [2.24, 2.45) is 0 Å². The Bertz CT molecular complexity index is 612. The predicted molar refractivity (Wildman–Crippen MR) is 83.4 cm³/mol. The van der Waals surface area contributed by atoms with E-state index in [1.807, 2.05) is 0 Å². The van der Waals surface area contributed by atoms with E-state index in [1.54, 1.807) is 6.92 Å². The Morgan fingerprint density at radius 2 is 2.08 bits per heavy atom. The number of piperidine rings is 1. The molecule has 1 aliphatic rings. The van der Waals surface area contributed by atoms with Gasteiger partial charge in [0.05, 0.1) is 13.2 Å². The van der Waals surface area contributed by atoms with Crippen molar-refractivity contribution in [3.05, 3.63) is 35.4 Å². The first-order chi connectivity index (χ1) is 11.4. The van der Waals surface area contributed by atoms with Crippen LogP contribution in [-0.4, -0.2) is 43.3 Å².